The zero-order valence-electron chi connectivity index (χ0n) is 10.9. The first kappa shape index (κ1) is 12.8. The third kappa shape index (κ3) is 3.44. The van der Waals surface area contributed by atoms with Crippen LogP contribution in [0.2, 0.25) is 0 Å². The number of nitrogens with one attached hydrogen (secondary N) is 1. The van der Waals surface area contributed by atoms with E-state index in [-0.39, 0.29) is 0 Å². The number of unbranched alkanes of at least 4 members (excludes halogenated alkanes) is 1. The fourth-order valence-corrected chi connectivity index (χ4v) is 1.91. The maximum atomic E-state index is 5.83. The van der Waals surface area contributed by atoms with E-state index in [1.54, 1.807) is 0 Å². The first-order valence-electron chi connectivity index (χ1n) is 6.59. The molecule has 1 aromatic carbocycles. The Morgan fingerprint density at radius 3 is 3.00 bits per heavy atom. The Balaban J connectivity index is 1.88. The minimum absolute atomic E-state index is 0.763. The molecule has 18 heavy (non-hydrogen) atoms. The van der Waals surface area contributed by atoms with Gasteiger partial charge in [-0.3, -0.25) is 4.98 Å². The molecule has 3 nitrogen and oxygen atoms in total. The fourth-order valence-electron chi connectivity index (χ4n) is 1.91. The second-order valence-corrected chi connectivity index (χ2v) is 4.24. The van der Waals surface area contributed by atoms with Gasteiger partial charge in [0.15, 0.2) is 0 Å². The topological polar surface area (TPSA) is 34.1 Å². The second-order valence-electron chi connectivity index (χ2n) is 4.24. The van der Waals surface area contributed by atoms with Crippen LogP contribution in [0, 0.1) is 0 Å². The van der Waals surface area contributed by atoms with Gasteiger partial charge in [-0.1, -0.05) is 13.0 Å². The van der Waals surface area contributed by atoms with Crippen molar-refractivity contribution >= 4 is 10.9 Å². The molecule has 0 unspecified atom stereocenters. The molecule has 1 aromatic heterocycles. The Hall–Kier alpha value is -1.61. The fraction of sp³-hybridized carbons (Fsp3) is 0.400. The zero-order chi connectivity index (χ0) is 12.6. The number of hydrogen-bond donors (Lipinski definition) is 1. The van der Waals surface area contributed by atoms with Crippen LogP contribution in [0.5, 0.6) is 5.75 Å². The maximum Gasteiger partial charge on any atom is 0.128 e. The molecule has 0 atom stereocenters. The smallest absolute Gasteiger partial charge is 0.128 e. The third-order valence-corrected chi connectivity index (χ3v) is 2.86. The van der Waals surface area contributed by atoms with Crippen molar-refractivity contribution in [2.75, 3.05) is 19.7 Å². The highest BCUT2D eigenvalue weighted by Gasteiger charge is 2.01. The molecule has 3 heteroatoms. The summed E-state index contributed by atoms with van der Waals surface area (Å²) >= 11 is 0. The second kappa shape index (κ2) is 6.97. The van der Waals surface area contributed by atoms with Crippen molar-refractivity contribution in [1.82, 2.24) is 10.3 Å². The number of hydrogen-bond acceptors (Lipinski definition) is 3. The number of fused-ring (bicyclic) bond motifs is 1. The number of rotatable bonds is 7. The lowest BCUT2D eigenvalue weighted by Gasteiger charge is -2.08. The monoisotopic (exact) mass is 244 g/mol. The molecular weight excluding hydrogens is 224 g/mol. The summed E-state index contributed by atoms with van der Waals surface area (Å²) in [7, 11) is 0. The summed E-state index contributed by atoms with van der Waals surface area (Å²) in [6, 6.07) is 10.0. The summed E-state index contributed by atoms with van der Waals surface area (Å²) in [6.45, 7) is 4.99. The Morgan fingerprint density at radius 1 is 1.17 bits per heavy atom. The summed E-state index contributed by atoms with van der Waals surface area (Å²) < 4.78 is 5.83. The molecule has 0 aliphatic carbocycles. The highest BCUT2D eigenvalue weighted by atomic mass is 16.5. The Morgan fingerprint density at radius 2 is 2.11 bits per heavy atom. The van der Waals surface area contributed by atoms with Crippen LogP contribution in [-0.4, -0.2) is 24.7 Å². The lowest BCUT2D eigenvalue weighted by molar-refractivity contribution is 0.309. The van der Waals surface area contributed by atoms with E-state index < -0.39 is 0 Å². The van der Waals surface area contributed by atoms with E-state index in [1.165, 1.54) is 0 Å². The summed E-state index contributed by atoms with van der Waals surface area (Å²) in [6.07, 6.45) is 4.03. The largest absolute Gasteiger partial charge is 0.493 e. The van der Waals surface area contributed by atoms with Crippen molar-refractivity contribution in [2.45, 2.75) is 19.8 Å². The van der Waals surface area contributed by atoms with Crippen LogP contribution in [0.25, 0.3) is 10.9 Å². The number of aromatic nitrogens is 1. The molecule has 0 amide bonds. The van der Waals surface area contributed by atoms with Gasteiger partial charge < -0.3 is 10.1 Å². The van der Waals surface area contributed by atoms with Crippen LogP contribution in [0.4, 0.5) is 0 Å². The van der Waals surface area contributed by atoms with Crippen molar-refractivity contribution < 1.29 is 4.74 Å². The first-order chi connectivity index (χ1) is 8.92. The predicted molar refractivity (Wildman–Crippen MR) is 75.0 cm³/mol. The molecule has 2 aromatic rings. The molecule has 0 saturated heterocycles. The molecule has 0 aliphatic heterocycles. The molecule has 1 heterocycles. The standard InChI is InChI=1S/C15H20N2O/c1-2-16-10-3-4-12-18-15-9-5-8-14-13(15)7-6-11-17-14/h5-9,11,16H,2-4,10,12H2,1H3. The summed E-state index contributed by atoms with van der Waals surface area (Å²) in [4.78, 5) is 4.32. The van der Waals surface area contributed by atoms with Gasteiger partial charge >= 0.3 is 0 Å². The van der Waals surface area contributed by atoms with Crippen LogP contribution < -0.4 is 10.1 Å². The summed E-state index contributed by atoms with van der Waals surface area (Å²) in [5.74, 6) is 0.934. The number of ether oxygens (including phenoxy) is 1. The van der Waals surface area contributed by atoms with Crippen LogP contribution in [-0.2, 0) is 0 Å². The van der Waals surface area contributed by atoms with Crippen molar-refractivity contribution in [3.8, 4) is 5.75 Å². The van der Waals surface area contributed by atoms with Gasteiger partial charge in [-0.05, 0) is 50.2 Å². The van der Waals surface area contributed by atoms with Gasteiger partial charge in [0.25, 0.3) is 0 Å². The minimum Gasteiger partial charge on any atom is -0.493 e. The third-order valence-electron chi connectivity index (χ3n) is 2.86. The van der Waals surface area contributed by atoms with E-state index in [0.717, 1.165) is 49.2 Å². The molecule has 1 N–H and O–H groups in total. The van der Waals surface area contributed by atoms with E-state index in [0.29, 0.717) is 0 Å². The van der Waals surface area contributed by atoms with Gasteiger partial charge in [0.05, 0.1) is 12.1 Å². The van der Waals surface area contributed by atoms with Crippen LogP contribution in [0.1, 0.15) is 19.8 Å². The van der Waals surface area contributed by atoms with Gasteiger partial charge in [0, 0.05) is 11.6 Å². The average molecular weight is 244 g/mol. The van der Waals surface area contributed by atoms with Crippen molar-refractivity contribution in [3.63, 3.8) is 0 Å². The van der Waals surface area contributed by atoms with Crippen molar-refractivity contribution in [2.24, 2.45) is 0 Å². The zero-order valence-corrected chi connectivity index (χ0v) is 10.9. The van der Waals surface area contributed by atoms with Crippen molar-refractivity contribution in [1.29, 1.82) is 0 Å². The number of pyridine rings is 1. The lowest BCUT2D eigenvalue weighted by atomic mass is 10.2. The minimum atomic E-state index is 0.763. The van der Waals surface area contributed by atoms with E-state index in [2.05, 4.69) is 23.3 Å². The van der Waals surface area contributed by atoms with Gasteiger partial charge in [0.2, 0.25) is 0 Å². The quantitative estimate of drug-likeness (QED) is 0.760. The summed E-state index contributed by atoms with van der Waals surface area (Å²) in [5.41, 5.74) is 0.989. The molecule has 0 bridgehead atoms. The molecule has 0 fully saturated rings. The first-order valence-corrected chi connectivity index (χ1v) is 6.59. The van der Waals surface area contributed by atoms with Gasteiger partial charge in [-0.15, -0.1) is 0 Å². The Bertz CT molecular complexity index is 479. The highest BCUT2D eigenvalue weighted by Crippen LogP contribution is 2.23. The van der Waals surface area contributed by atoms with Gasteiger partial charge in [0.1, 0.15) is 5.75 Å². The van der Waals surface area contributed by atoms with E-state index in [9.17, 15) is 0 Å². The molecule has 0 radical (unpaired) electrons. The van der Waals surface area contributed by atoms with Crippen LogP contribution >= 0.6 is 0 Å². The van der Waals surface area contributed by atoms with Crippen molar-refractivity contribution in [3.05, 3.63) is 36.5 Å². The lowest BCUT2D eigenvalue weighted by Crippen LogP contribution is -2.14. The summed E-state index contributed by atoms with van der Waals surface area (Å²) in [5, 5.41) is 4.40. The maximum absolute atomic E-state index is 5.83. The number of nitrogens with zero attached hydrogens (tertiary/aromatic N) is 1. The molecule has 0 saturated carbocycles. The highest BCUT2D eigenvalue weighted by molar-refractivity contribution is 5.84. The molecule has 0 aliphatic rings. The van der Waals surface area contributed by atoms with Gasteiger partial charge in [-0.25, -0.2) is 0 Å². The Labute approximate surface area is 108 Å². The Kier molecular flexibility index (Phi) is 4.97. The van der Waals surface area contributed by atoms with Crippen LogP contribution in [0.3, 0.4) is 0 Å². The van der Waals surface area contributed by atoms with Gasteiger partial charge in [-0.2, -0.15) is 0 Å². The molecular formula is C15H20N2O. The predicted octanol–water partition coefficient (Wildman–Crippen LogP) is 3.00. The molecule has 0 spiro atoms. The molecule has 96 valence electrons. The van der Waals surface area contributed by atoms with E-state index in [1.807, 2.05) is 30.5 Å². The molecule has 2 rings (SSSR count). The van der Waals surface area contributed by atoms with E-state index in [4.69, 9.17) is 4.74 Å². The van der Waals surface area contributed by atoms with E-state index >= 15 is 0 Å². The SMILES string of the molecule is CCNCCCCOc1cccc2ncccc12. The number of benzene rings is 1. The van der Waals surface area contributed by atoms with Crippen LogP contribution in [0.15, 0.2) is 36.5 Å². The normalized spacial score (nSPS) is 10.7. The average Bonchev–Trinajstić information content (AvgIpc) is 2.43.